The summed E-state index contributed by atoms with van der Waals surface area (Å²) >= 11 is 4.82. The van der Waals surface area contributed by atoms with Gasteiger partial charge in [0.1, 0.15) is 5.82 Å². The Morgan fingerprint density at radius 1 is 1.55 bits per heavy atom. The lowest BCUT2D eigenvalue weighted by Crippen LogP contribution is -2.39. The molecule has 0 radical (unpaired) electrons. The Balaban J connectivity index is 3.12. The molecule has 0 aliphatic heterocycles. The molecule has 1 rings (SSSR count). The third-order valence-electron chi connectivity index (χ3n) is 3.02. The zero-order chi connectivity index (χ0) is 15.5. The molecule has 6 nitrogen and oxygen atoms in total. The maximum absolute atomic E-state index is 12.6. The van der Waals surface area contributed by atoms with E-state index in [4.69, 9.17) is 18.0 Å². The van der Waals surface area contributed by atoms with Crippen LogP contribution in [0.2, 0.25) is 0 Å². The molecule has 0 saturated carbocycles. The molecule has 8 heteroatoms. The number of hydrogen-bond donors (Lipinski definition) is 1. The van der Waals surface area contributed by atoms with Crippen molar-refractivity contribution in [3.63, 3.8) is 0 Å². The molecule has 114 valence electrons. The molecule has 1 aromatic heterocycles. The number of rotatable bonds is 7. The molecule has 0 amide bonds. The maximum atomic E-state index is 12.6. The van der Waals surface area contributed by atoms with Crippen LogP contribution in [0.5, 0.6) is 0 Å². The van der Waals surface area contributed by atoms with E-state index in [9.17, 15) is 8.42 Å². The topological polar surface area (TPSA) is 81.2 Å². The first-order valence-corrected chi connectivity index (χ1v) is 8.38. The van der Waals surface area contributed by atoms with Crippen molar-refractivity contribution in [2.45, 2.75) is 51.7 Å². The number of nitrogens with zero attached hydrogens (tertiary/aromatic N) is 3. The van der Waals surface area contributed by atoms with E-state index >= 15 is 0 Å². The Labute approximate surface area is 126 Å². The standard InChI is InChI=1S/C12H22N4O2S2/c1-5-15-8-12(14-10(15)4)20(17,18)16(9(2)3)7-6-11(13)19/h8-9H,5-7H2,1-4H3,(H2,13,19). The molecule has 0 atom stereocenters. The monoisotopic (exact) mass is 318 g/mol. The van der Waals surface area contributed by atoms with E-state index in [-0.39, 0.29) is 17.6 Å². The summed E-state index contributed by atoms with van der Waals surface area (Å²) in [5.41, 5.74) is 5.46. The number of imidazole rings is 1. The van der Waals surface area contributed by atoms with Gasteiger partial charge in [-0.3, -0.25) is 0 Å². The number of aromatic nitrogens is 2. The largest absolute Gasteiger partial charge is 0.393 e. The first-order valence-electron chi connectivity index (χ1n) is 6.54. The third kappa shape index (κ3) is 3.77. The highest BCUT2D eigenvalue weighted by molar-refractivity contribution is 7.89. The summed E-state index contributed by atoms with van der Waals surface area (Å²) in [6.07, 6.45) is 1.93. The van der Waals surface area contributed by atoms with Crippen LogP contribution in [-0.4, -0.2) is 39.8 Å². The number of nitrogens with two attached hydrogens (primary N) is 1. The smallest absolute Gasteiger partial charge is 0.262 e. The van der Waals surface area contributed by atoms with Gasteiger partial charge in [0.15, 0.2) is 5.03 Å². The highest BCUT2D eigenvalue weighted by atomic mass is 32.2. The fourth-order valence-corrected chi connectivity index (χ4v) is 3.65. The van der Waals surface area contributed by atoms with Crippen molar-refractivity contribution in [3.05, 3.63) is 12.0 Å². The Hall–Kier alpha value is -0.990. The van der Waals surface area contributed by atoms with Crippen LogP contribution in [0.15, 0.2) is 11.2 Å². The Morgan fingerprint density at radius 2 is 2.15 bits per heavy atom. The summed E-state index contributed by atoms with van der Waals surface area (Å²) in [5.74, 6) is 0.684. The van der Waals surface area contributed by atoms with Crippen LogP contribution in [0.4, 0.5) is 0 Å². The minimum atomic E-state index is -3.62. The lowest BCUT2D eigenvalue weighted by atomic mass is 10.3. The molecule has 2 N–H and O–H groups in total. The van der Waals surface area contributed by atoms with Gasteiger partial charge in [-0.15, -0.1) is 0 Å². The predicted molar refractivity (Wildman–Crippen MR) is 83.1 cm³/mol. The van der Waals surface area contributed by atoms with Crippen LogP contribution in [0, 0.1) is 6.92 Å². The second-order valence-corrected chi connectivity index (χ2v) is 7.20. The van der Waals surface area contributed by atoms with Crippen molar-refractivity contribution in [3.8, 4) is 0 Å². The molecule has 0 aliphatic carbocycles. The summed E-state index contributed by atoms with van der Waals surface area (Å²) in [7, 11) is -3.62. The van der Waals surface area contributed by atoms with Gasteiger partial charge in [-0.2, -0.15) is 4.31 Å². The Bertz CT molecular complexity index is 578. The van der Waals surface area contributed by atoms with E-state index in [2.05, 4.69) is 4.98 Å². The van der Waals surface area contributed by atoms with Crippen LogP contribution >= 0.6 is 12.2 Å². The van der Waals surface area contributed by atoms with E-state index in [1.54, 1.807) is 17.7 Å². The molecule has 0 bridgehead atoms. The van der Waals surface area contributed by atoms with Gasteiger partial charge in [0, 0.05) is 31.7 Å². The second kappa shape index (κ2) is 6.64. The van der Waals surface area contributed by atoms with Gasteiger partial charge >= 0.3 is 0 Å². The molecule has 1 aromatic rings. The van der Waals surface area contributed by atoms with Gasteiger partial charge in [-0.1, -0.05) is 12.2 Å². The van der Waals surface area contributed by atoms with Crippen molar-refractivity contribution in [1.29, 1.82) is 0 Å². The Kier molecular flexibility index (Phi) is 5.67. The van der Waals surface area contributed by atoms with E-state index < -0.39 is 10.0 Å². The number of thiocarbonyl (C=S) groups is 1. The first kappa shape index (κ1) is 17.1. The van der Waals surface area contributed by atoms with E-state index in [0.717, 1.165) is 0 Å². The third-order valence-corrected chi connectivity index (χ3v) is 5.17. The molecule has 0 aliphatic rings. The normalized spacial score (nSPS) is 12.3. The molecular formula is C12H22N4O2S2. The second-order valence-electron chi connectivity index (χ2n) is 4.84. The summed E-state index contributed by atoms with van der Waals surface area (Å²) in [4.78, 5) is 4.46. The molecule has 0 saturated heterocycles. The summed E-state index contributed by atoms with van der Waals surface area (Å²) < 4.78 is 28.5. The maximum Gasteiger partial charge on any atom is 0.262 e. The van der Waals surface area contributed by atoms with Crippen LogP contribution in [0.1, 0.15) is 33.0 Å². The van der Waals surface area contributed by atoms with Gasteiger partial charge < -0.3 is 10.3 Å². The fourth-order valence-electron chi connectivity index (χ4n) is 1.92. The highest BCUT2D eigenvalue weighted by Gasteiger charge is 2.29. The zero-order valence-corrected chi connectivity index (χ0v) is 14.0. The lowest BCUT2D eigenvalue weighted by molar-refractivity contribution is 0.361. The van der Waals surface area contributed by atoms with Crippen LogP contribution in [-0.2, 0) is 16.6 Å². The SMILES string of the molecule is CCn1cc(S(=O)(=O)N(CCC(N)=S)C(C)C)nc1C. The molecule has 0 aromatic carbocycles. The average Bonchev–Trinajstić information content (AvgIpc) is 2.70. The molecule has 0 fully saturated rings. The molecular weight excluding hydrogens is 296 g/mol. The number of hydrogen-bond acceptors (Lipinski definition) is 4. The fraction of sp³-hybridized carbons (Fsp3) is 0.667. The van der Waals surface area contributed by atoms with Gasteiger partial charge in [-0.05, 0) is 27.7 Å². The van der Waals surface area contributed by atoms with Crippen LogP contribution in [0.25, 0.3) is 0 Å². The summed E-state index contributed by atoms with van der Waals surface area (Å²) in [5, 5.41) is 0.0773. The molecule has 0 unspecified atom stereocenters. The number of sulfonamides is 1. The molecule has 20 heavy (non-hydrogen) atoms. The zero-order valence-electron chi connectivity index (χ0n) is 12.3. The van der Waals surface area contributed by atoms with Crippen molar-refractivity contribution in [1.82, 2.24) is 13.9 Å². The minimum absolute atomic E-state index is 0.0773. The van der Waals surface area contributed by atoms with E-state index in [1.807, 2.05) is 20.8 Å². The lowest BCUT2D eigenvalue weighted by Gasteiger charge is -2.24. The quantitative estimate of drug-likeness (QED) is 0.766. The summed E-state index contributed by atoms with van der Waals surface area (Å²) in [6.45, 7) is 8.33. The first-order chi connectivity index (χ1) is 9.20. The van der Waals surface area contributed by atoms with Crippen LogP contribution in [0.3, 0.4) is 0 Å². The van der Waals surface area contributed by atoms with Crippen molar-refractivity contribution in [2.24, 2.45) is 5.73 Å². The van der Waals surface area contributed by atoms with Crippen molar-refractivity contribution < 1.29 is 8.42 Å². The molecule has 0 spiro atoms. The average molecular weight is 318 g/mol. The van der Waals surface area contributed by atoms with Crippen molar-refractivity contribution >= 4 is 27.2 Å². The Morgan fingerprint density at radius 3 is 2.55 bits per heavy atom. The summed E-state index contributed by atoms with van der Waals surface area (Å²) in [6, 6.07) is -0.179. The molecule has 1 heterocycles. The van der Waals surface area contributed by atoms with Gasteiger partial charge in [0.05, 0.1) is 4.99 Å². The van der Waals surface area contributed by atoms with Gasteiger partial charge in [0.25, 0.3) is 10.0 Å². The number of aryl methyl sites for hydroxylation is 2. The van der Waals surface area contributed by atoms with Crippen molar-refractivity contribution in [2.75, 3.05) is 6.54 Å². The van der Waals surface area contributed by atoms with Gasteiger partial charge in [-0.25, -0.2) is 13.4 Å². The van der Waals surface area contributed by atoms with Crippen LogP contribution < -0.4 is 5.73 Å². The van der Waals surface area contributed by atoms with Gasteiger partial charge in [0.2, 0.25) is 0 Å². The highest BCUT2D eigenvalue weighted by Crippen LogP contribution is 2.18. The van der Waals surface area contributed by atoms with E-state index in [0.29, 0.717) is 23.8 Å². The minimum Gasteiger partial charge on any atom is -0.393 e. The van der Waals surface area contributed by atoms with E-state index in [1.165, 1.54) is 4.31 Å². The predicted octanol–water partition coefficient (Wildman–Crippen LogP) is 1.29.